The molecule has 16 heavy (non-hydrogen) atoms. The molecule has 0 N–H and O–H groups in total. The molecule has 4 heteroatoms. The van der Waals surface area contributed by atoms with Crippen molar-refractivity contribution in [3.8, 4) is 5.75 Å². The summed E-state index contributed by atoms with van der Waals surface area (Å²) in [6, 6.07) is 6.97. The van der Waals surface area contributed by atoms with Gasteiger partial charge in [0.15, 0.2) is 5.78 Å². The van der Waals surface area contributed by atoms with Crippen molar-refractivity contribution in [2.75, 3.05) is 19.8 Å². The molecule has 0 saturated carbocycles. The molecule has 3 nitrogen and oxygen atoms in total. The quantitative estimate of drug-likeness (QED) is 0.810. The van der Waals surface area contributed by atoms with E-state index in [1.165, 1.54) is 0 Å². The molecule has 1 aliphatic heterocycles. The Morgan fingerprint density at radius 1 is 1.44 bits per heavy atom. The molecule has 0 aliphatic carbocycles. The molecule has 1 unspecified atom stereocenters. The normalized spacial score (nSPS) is 19.7. The van der Waals surface area contributed by atoms with Gasteiger partial charge < -0.3 is 9.47 Å². The third-order valence-electron chi connectivity index (χ3n) is 2.58. The molecule has 1 atom stereocenters. The molecule has 1 saturated heterocycles. The van der Waals surface area contributed by atoms with Gasteiger partial charge in [-0.15, -0.1) is 0 Å². The van der Waals surface area contributed by atoms with Crippen LogP contribution in [0.25, 0.3) is 0 Å². The molecule has 1 fully saturated rings. The molecule has 0 radical (unpaired) electrons. The second-order valence-electron chi connectivity index (χ2n) is 3.77. The van der Waals surface area contributed by atoms with E-state index in [-0.39, 0.29) is 18.3 Å². The fourth-order valence-corrected chi connectivity index (χ4v) is 1.72. The van der Waals surface area contributed by atoms with Crippen molar-refractivity contribution in [3.05, 3.63) is 29.3 Å². The first-order valence-electron chi connectivity index (χ1n) is 5.24. The van der Waals surface area contributed by atoms with Crippen LogP contribution in [0.5, 0.6) is 5.75 Å². The van der Waals surface area contributed by atoms with Crippen LogP contribution in [0.2, 0.25) is 5.02 Å². The van der Waals surface area contributed by atoms with Gasteiger partial charge in [0, 0.05) is 17.5 Å². The van der Waals surface area contributed by atoms with Crippen LogP contribution in [0.4, 0.5) is 0 Å². The number of Topliss-reactive ketones (excluding diaryl/α,β-unsaturated/α-hetero) is 1. The zero-order valence-corrected chi connectivity index (χ0v) is 9.57. The highest BCUT2D eigenvalue weighted by Gasteiger charge is 2.23. The number of hydrogen-bond donors (Lipinski definition) is 0. The molecule has 1 heterocycles. The lowest BCUT2D eigenvalue weighted by Crippen LogP contribution is -2.21. The van der Waals surface area contributed by atoms with Gasteiger partial charge in [-0.2, -0.15) is 0 Å². The largest absolute Gasteiger partial charge is 0.486 e. The topological polar surface area (TPSA) is 35.5 Å². The SMILES string of the molecule is O=C(COc1ccc(Cl)cc1)C1CCOC1. The molecule has 1 aromatic carbocycles. The molecular weight excluding hydrogens is 228 g/mol. The van der Waals surface area contributed by atoms with Gasteiger partial charge in [-0.3, -0.25) is 4.79 Å². The molecule has 2 rings (SSSR count). The van der Waals surface area contributed by atoms with E-state index in [1.807, 2.05) is 0 Å². The number of benzene rings is 1. The van der Waals surface area contributed by atoms with Crippen molar-refractivity contribution < 1.29 is 14.3 Å². The zero-order chi connectivity index (χ0) is 11.4. The molecule has 1 aromatic rings. The molecule has 1 aliphatic rings. The Kier molecular flexibility index (Phi) is 3.80. The fraction of sp³-hybridized carbons (Fsp3) is 0.417. The van der Waals surface area contributed by atoms with Crippen LogP contribution in [-0.4, -0.2) is 25.6 Å². The van der Waals surface area contributed by atoms with E-state index in [0.717, 1.165) is 6.42 Å². The second-order valence-corrected chi connectivity index (χ2v) is 4.21. The predicted molar refractivity (Wildman–Crippen MR) is 60.9 cm³/mol. The first-order valence-corrected chi connectivity index (χ1v) is 5.62. The summed E-state index contributed by atoms with van der Waals surface area (Å²) >= 11 is 5.74. The number of halogens is 1. The number of hydrogen-bond acceptors (Lipinski definition) is 3. The van der Waals surface area contributed by atoms with E-state index < -0.39 is 0 Å². The van der Waals surface area contributed by atoms with Crippen molar-refractivity contribution in [2.45, 2.75) is 6.42 Å². The van der Waals surface area contributed by atoms with E-state index in [1.54, 1.807) is 24.3 Å². The molecule has 0 amide bonds. The summed E-state index contributed by atoms with van der Waals surface area (Å²) in [7, 11) is 0. The minimum Gasteiger partial charge on any atom is -0.486 e. The summed E-state index contributed by atoms with van der Waals surface area (Å²) in [5, 5.41) is 0.655. The average Bonchev–Trinajstić information content (AvgIpc) is 2.81. The Bertz CT molecular complexity index is 355. The van der Waals surface area contributed by atoms with Gasteiger partial charge >= 0.3 is 0 Å². The van der Waals surface area contributed by atoms with Gasteiger partial charge in [0.05, 0.1) is 6.61 Å². The highest BCUT2D eigenvalue weighted by atomic mass is 35.5. The summed E-state index contributed by atoms with van der Waals surface area (Å²) in [6.07, 6.45) is 0.808. The van der Waals surface area contributed by atoms with Gasteiger partial charge in [0.1, 0.15) is 12.4 Å². The molecule has 0 aromatic heterocycles. The van der Waals surface area contributed by atoms with Crippen LogP contribution >= 0.6 is 11.6 Å². The van der Waals surface area contributed by atoms with Gasteiger partial charge in [-0.25, -0.2) is 0 Å². The van der Waals surface area contributed by atoms with E-state index >= 15 is 0 Å². The lowest BCUT2D eigenvalue weighted by Gasteiger charge is -2.08. The van der Waals surface area contributed by atoms with Crippen LogP contribution in [0.1, 0.15) is 6.42 Å². The number of ether oxygens (including phenoxy) is 2. The summed E-state index contributed by atoms with van der Waals surface area (Å²) in [6.45, 7) is 1.32. The number of rotatable bonds is 4. The van der Waals surface area contributed by atoms with Crippen molar-refractivity contribution in [1.29, 1.82) is 0 Å². The van der Waals surface area contributed by atoms with Crippen LogP contribution in [0.15, 0.2) is 24.3 Å². The van der Waals surface area contributed by atoms with Crippen molar-refractivity contribution in [1.82, 2.24) is 0 Å². The third kappa shape index (κ3) is 2.97. The summed E-state index contributed by atoms with van der Waals surface area (Å²) in [5.74, 6) is 0.774. The predicted octanol–water partition coefficient (Wildman–Crippen LogP) is 2.32. The lowest BCUT2D eigenvalue weighted by molar-refractivity contribution is -0.124. The smallest absolute Gasteiger partial charge is 0.175 e. The van der Waals surface area contributed by atoms with E-state index in [9.17, 15) is 4.79 Å². The highest BCUT2D eigenvalue weighted by molar-refractivity contribution is 6.30. The third-order valence-corrected chi connectivity index (χ3v) is 2.83. The molecule has 86 valence electrons. The van der Waals surface area contributed by atoms with Crippen LogP contribution in [-0.2, 0) is 9.53 Å². The van der Waals surface area contributed by atoms with Gasteiger partial charge in [0.2, 0.25) is 0 Å². The standard InChI is InChI=1S/C12H13ClO3/c13-10-1-3-11(4-2-10)16-8-12(14)9-5-6-15-7-9/h1-4,9H,5-8H2. The fourth-order valence-electron chi connectivity index (χ4n) is 1.59. The van der Waals surface area contributed by atoms with Gasteiger partial charge in [-0.05, 0) is 30.7 Å². The maximum atomic E-state index is 11.7. The Balaban J connectivity index is 1.82. The minimum absolute atomic E-state index is 0.00676. The Hall–Kier alpha value is -1.06. The van der Waals surface area contributed by atoms with Crippen molar-refractivity contribution in [2.24, 2.45) is 5.92 Å². The van der Waals surface area contributed by atoms with Crippen LogP contribution < -0.4 is 4.74 Å². The van der Waals surface area contributed by atoms with Crippen LogP contribution in [0.3, 0.4) is 0 Å². The zero-order valence-electron chi connectivity index (χ0n) is 8.82. The van der Waals surface area contributed by atoms with E-state index in [0.29, 0.717) is 24.0 Å². The van der Waals surface area contributed by atoms with Gasteiger partial charge in [0.25, 0.3) is 0 Å². The number of carbonyl (C=O) groups is 1. The number of carbonyl (C=O) groups excluding carboxylic acids is 1. The molecule has 0 bridgehead atoms. The van der Waals surface area contributed by atoms with E-state index in [4.69, 9.17) is 21.1 Å². The molecule has 0 spiro atoms. The highest BCUT2D eigenvalue weighted by Crippen LogP contribution is 2.17. The Morgan fingerprint density at radius 2 is 2.19 bits per heavy atom. The second kappa shape index (κ2) is 5.32. The Morgan fingerprint density at radius 3 is 2.81 bits per heavy atom. The van der Waals surface area contributed by atoms with Gasteiger partial charge in [-0.1, -0.05) is 11.6 Å². The maximum Gasteiger partial charge on any atom is 0.175 e. The Labute approximate surface area is 99.3 Å². The van der Waals surface area contributed by atoms with Crippen molar-refractivity contribution in [3.63, 3.8) is 0 Å². The summed E-state index contributed by atoms with van der Waals surface area (Å²) < 4.78 is 10.5. The first kappa shape index (κ1) is 11.4. The lowest BCUT2D eigenvalue weighted by atomic mass is 10.0. The van der Waals surface area contributed by atoms with Crippen LogP contribution in [0, 0.1) is 5.92 Å². The minimum atomic E-state index is 0.00676. The summed E-state index contributed by atoms with van der Waals surface area (Å²) in [4.78, 5) is 11.7. The maximum absolute atomic E-state index is 11.7. The summed E-state index contributed by atoms with van der Waals surface area (Å²) in [5.41, 5.74) is 0. The first-order chi connectivity index (χ1) is 7.75. The monoisotopic (exact) mass is 240 g/mol. The van der Waals surface area contributed by atoms with E-state index in [2.05, 4.69) is 0 Å². The van der Waals surface area contributed by atoms with Crippen molar-refractivity contribution >= 4 is 17.4 Å². The number of ketones is 1. The molecular formula is C12H13ClO3. The average molecular weight is 241 g/mol.